The Hall–Kier alpha value is -1.42. The minimum absolute atomic E-state index is 0.161. The Labute approximate surface area is 173 Å². The molecule has 4 saturated carbocycles. The van der Waals surface area contributed by atoms with E-state index in [1.807, 2.05) is 6.07 Å². The van der Waals surface area contributed by atoms with E-state index >= 15 is 0 Å². The van der Waals surface area contributed by atoms with Gasteiger partial charge in [0.1, 0.15) is 0 Å². The SMILES string of the molecule is COc1cc(Cl)ccc1OCC(C)(C)CC(=O)NC1C2CC3CC(C2)CC1C3. The molecule has 4 bridgehead atoms. The Morgan fingerprint density at radius 1 is 1.11 bits per heavy atom. The van der Waals surface area contributed by atoms with Crippen molar-refractivity contribution in [2.75, 3.05) is 13.7 Å². The fourth-order valence-corrected chi connectivity index (χ4v) is 6.08. The minimum atomic E-state index is -0.263. The van der Waals surface area contributed by atoms with E-state index in [1.165, 1.54) is 32.1 Å². The lowest BCUT2D eigenvalue weighted by Crippen LogP contribution is -2.56. The van der Waals surface area contributed by atoms with Gasteiger partial charge in [-0.2, -0.15) is 0 Å². The first kappa shape index (κ1) is 19.9. The zero-order chi connectivity index (χ0) is 19.9. The maximum atomic E-state index is 12.8. The van der Waals surface area contributed by atoms with Gasteiger partial charge in [0.05, 0.1) is 13.7 Å². The number of ether oxygens (including phenoxy) is 2. The van der Waals surface area contributed by atoms with Crippen LogP contribution in [0.5, 0.6) is 11.5 Å². The van der Waals surface area contributed by atoms with Gasteiger partial charge in [-0.15, -0.1) is 0 Å². The van der Waals surface area contributed by atoms with Crippen molar-refractivity contribution in [3.63, 3.8) is 0 Å². The molecule has 0 aromatic heterocycles. The van der Waals surface area contributed by atoms with Crippen LogP contribution < -0.4 is 14.8 Å². The van der Waals surface area contributed by atoms with E-state index in [2.05, 4.69) is 19.2 Å². The molecule has 4 nitrogen and oxygen atoms in total. The van der Waals surface area contributed by atoms with Crippen molar-refractivity contribution in [2.24, 2.45) is 29.1 Å². The molecule has 4 aliphatic carbocycles. The van der Waals surface area contributed by atoms with Gasteiger partial charge in [-0.1, -0.05) is 25.4 Å². The van der Waals surface area contributed by atoms with E-state index in [9.17, 15) is 4.79 Å². The Bertz CT molecular complexity index is 705. The summed E-state index contributed by atoms with van der Waals surface area (Å²) in [7, 11) is 1.60. The molecule has 5 rings (SSSR count). The molecular weight excluding hydrogens is 374 g/mol. The average Bonchev–Trinajstić information content (AvgIpc) is 2.62. The quantitative estimate of drug-likeness (QED) is 0.687. The lowest BCUT2D eigenvalue weighted by molar-refractivity contribution is -0.127. The van der Waals surface area contributed by atoms with Gasteiger partial charge >= 0.3 is 0 Å². The molecular formula is C23H32ClNO3. The molecule has 28 heavy (non-hydrogen) atoms. The second-order valence-electron chi connectivity index (χ2n) is 9.95. The monoisotopic (exact) mass is 405 g/mol. The number of halogens is 1. The number of hydrogen-bond donors (Lipinski definition) is 1. The molecule has 154 valence electrons. The zero-order valence-corrected chi connectivity index (χ0v) is 17.9. The Balaban J connectivity index is 1.31. The predicted molar refractivity (Wildman–Crippen MR) is 111 cm³/mol. The van der Waals surface area contributed by atoms with E-state index < -0.39 is 0 Å². The lowest BCUT2D eigenvalue weighted by atomic mass is 9.54. The first-order valence-corrected chi connectivity index (χ1v) is 11.0. The first-order valence-electron chi connectivity index (χ1n) is 10.6. The normalized spacial score (nSPS) is 30.9. The summed E-state index contributed by atoms with van der Waals surface area (Å²) in [5.74, 6) is 4.69. The summed E-state index contributed by atoms with van der Waals surface area (Å²) in [6.45, 7) is 4.60. The first-order chi connectivity index (χ1) is 13.3. The van der Waals surface area contributed by atoms with Crippen molar-refractivity contribution >= 4 is 17.5 Å². The smallest absolute Gasteiger partial charge is 0.220 e. The molecule has 5 heteroatoms. The molecule has 0 heterocycles. The summed E-state index contributed by atoms with van der Waals surface area (Å²) in [6.07, 6.45) is 7.18. The van der Waals surface area contributed by atoms with Crippen LogP contribution in [0.2, 0.25) is 5.02 Å². The molecule has 4 fully saturated rings. The molecule has 1 aromatic carbocycles. The summed E-state index contributed by atoms with van der Waals surface area (Å²) >= 11 is 6.01. The van der Waals surface area contributed by atoms with Crippen LogP contribution in [-0.4, -0.2) is 25.7 Å². The van der Waals surface area contributed by atoms with Gasteiger partial charge in [-0.3, -0.25) is 4.79 Å². The van der Waals surface area contributed by atoms with Crippen LogP contribution in [0.25, 0.3) is 0 Å². The minimum Gasteiger partial charge on any atom is -0.493 e. The molecule has 0 atom stereocenters. The van der Waals surface area contributed by atoms with Gasteiger partial charge in [0, 0.05) is 29.0 Å². The summed E-state index contributed by atoms with van der Waals surface area (Å²) in [5, 5.41) is 4.02. The molecule has 4 aliphatic rings. The van der Waals surface area contributed by atoms with Crippen molar-refractivity contribution in [1.82, 2.24) is 5.32 Å². The summed E-state index contributed by atoms with van der Waals surface area (Å²) in [6, 6.07) is 5.73. The number of carbonyl (C=O) groups excluding carboxylic acids is 1. The van der Waals surface area contributed by atoms with E-state index in [0.717, 1.165) is 11.8 Å². The van der Waals surface area contributed by atoms with Gasteiger partial charge in [0.15, 0.2) is 11.5 Å². The molecule has 1 aromatic rings. The third kappa shape index (κ3) is 4.27. The lowest BCUT2D eigenvalue weighted by Gasteiger charge is -2.54. The van der Waals surface area contributed by atoms with Crippen molar-refractivity contribution < 1.29 is 14.3 Å². The largest absolute Gasteiger partial charge is 0.493 e. The van der Waals surface area contributed by atoms with Gasteiger partial charge < -0.3 is 14.8 Å². The van der Waals surface area contributed by atoms with E-state index in [0.29, 0.717) is 47.4 Å². The highest BCUT2D eigenvalue weighted by Crippen LogP contribution is 2.53. The van der Waals surface area contributed by atoms with Gasteiger partial charge in [-0.25, -0.2) is 0 Å². The highest BCUT2D eigenvalue weighted by molar-refractivity contribution is 6.30. The molecule has 1 N–H and O–H groups in total. The molecule has 0 aliphatic heterocycles. The molecule has 0 spiro atoms. The van der Waals surface area contributed by atoms with Crippen molar-refractivity contribution in [1.29, 1.82) is 0 Å². The van der Waals surface area contributed by atoms with Crippen molar-refractivity contribution in [2.45, 2.75) is 58.4 Å². The van der Waals surface area contributed by atoms with E-state index in [4.69, 9.17) is 21.1 Å². The Morgan fingerprint density at radius 2 is 1.75 bits per heavy atom. The van der Waals surface area contributed by atoms with Crippen molar-refractivity contribution in [3.05, 3.63) is 23.2 Å². The van der Waals surface area contributed by atoms with Crippen LogP contribution >= 0.6 is 11.6 Å². The van der Waals surface area contributed by atoms with Crippen LogP contribution in [0.4, 0.5) is 0 Å². The molecule has 0 radical (unpaired) electrons. The second-order valence-corrected chi connectivity index (χ2v) is 10.4. The maximum absolute atomic E-state index is 12.8. The molecule has 0 unspecified atom stereocenters. The van der Waals surface area contributed by atoms with Crippen LogP contribution in [-0.2, 0) is 4.79 Å². The number of amides is 1. The summed E-state index contributed by atoms with van der Waals surface area (Å²) < 4.78 is 11.3. The number of rotatable bonds is 7. The topological polar surface area (TPSA) is 47.6 Å². The fraction of sp³-hybridized carbons (Fsp3) is 0.696. The summed E-state index contributed by atoms with van der Waals surface area (Å²) in [5.41, 5.74) is -0.263. The van der Waals surface area contributed by atoms with Crippen LogP contribution in [0.15, 0.2) is 18.2 Å². The number of carbonyl (C=O) groups is 1. The Morgan fingerprint density at radius 3 is 2.36 bits per heavy atom. The van der Waals surface area contributed by atoms with Gasteiger partial charge in [0.2, 0.25) is 5.91 Å². The zero-order valence-electron chi connectivity index (χ0n) is 17.2. The molecule has 1 amide bonds. The third-order valence-corrected chi connectivity index (χ3v) is 7.17. The molecule has 0 saturated heterocycles. The Kier molecular flexibility index (Phi) is 5.52. The number of hydrogen-bond acceptors (Lipinski definition) is 3. The number of benzene rings is 1. The number of methoxy groups -OCH3 is 1. The predicted octanol–water partition coefficient (Wildman–Crippen LogP) is 5.08. The average molecular weight is 406 g/mol. The summed E-state index contributed by atoms with van der Waals surface area (Å²) in [4.78, 5) is 12.8. The number of nitrogens with one attached hydrogen (secondary N) is 1. The maximum Gasteiger partial charge on any atom is 0.220 e. The van der Waals surface area contributed by atoms with Crippen molar-refractivity contribution in [3.8, 4) is 11.5 Å². The fourth-order valence-electron chi connectivity index (χ4n) is 5.92. The highest BCUT2D eigenvalue weighted by Gasteiger charge is 2.48. The van der Waals surface area contributed by atoms with Gasteiger partial charge in [-0.05, 0) is 67.9 Å². The van der Waals surface area contributed by atoms with Crippen LogP contribution in [0, 0.1) is 29.1 Å². The highest BCUT2D eigenvalue weighted by atomic mass is 35.5. The van der Waals surface area contributed by atoms with E-state index in [-0.39, 0.29) is 11.3 Å². The van der Waals surface area contributed by atoms with E-state index in [1.54, 1.807) is 19.2 Å². The third-order valence-electron chi connectivity index (χ3n) is 6.94. The standard InChI is InChI=1S/C23H32ClNO3/c1-23(2,13-28-19-5-4-18(24)11-20(19)27-3)12-21(26)25-22-16-7-14-6-15(9-16)10-17(22)8-14/h4-5,11,14-17,22H,6-10,12-13H2,1-3H3,(H,25,26). The van der Waals surface area contributed by atoms with Crippen LogP contribution in [0.3, 0.4) is 0 Å². The van der Waals surface area contributed by atoms with Crippen LogP contribution in [0.1, 0.15) is 52.4 Å². The van der Waals surface area contributed by atoms with Gasteiger partial charge in [0.25, 0.3) is 0 Å². The second kappa shape index (κ2) is 7.78.